The molecule has 38 heavy (non-hydrogen) atoms. The molecule has 5 rings (SSSR count). The van der Waals surface area contributed by atoms with E-state index in [1.807, 2.05) is 18.2 Å². The van der Waals surface area contributed by atoms with Crippen LogP contribution in [0.5, 0.6) is 11.5 Å². The Morgan fingerprint density at radius 3 is 2.42 bits per heavy atom. The van der Waals surface area contributed by atoms with Crippen LogP contribution in [0.3, 0.4) is 0 Å². The first-order chi connectivity index (χ1) is 18.2. The standard InChI is InChI=1S/C28H33F2N5O3/c1-28(6-7-28)18-38-26-24(17-32-35(27(26)36)22-15-20(29)14-21(30)16-22)34-11-9-33(10-12-34)8-5-19-3-4-23(31)25(13-19)37-2/h3-4,13-17H,5-12,18,31H2,1-2H3. The van der Waals surface area contributed by atoms with Crippen molar-refractivity contribution in [2.45, 2.75) is 26.2 Å². The molecule has 1 aliphatic carbocycles. The Hall–Kier alpha value is -3.66. The molecule has 1 saturated carbocycles. The van der Waals surface area contributed by atoms with Crippen molar-refractivity contribution in [3.05, 3.63) is 70.1 Å². The molecule has 0 atom stereocenters. The molecule has 0 bridgehead atoms. The van der Waals surface area contributed by atoms with Crippen molar-refractivity contribution >= 4 is 11.4 Å². The molecule has 2 aromatic carbocycles. The lowest BCUT2D eigenvalue weighted by Gasteiger charge is -2.36. The lowest BCUT2D eigenvalue weighted by atomic mass is 10.1. The lowest BCUT2D eigenvalue weighted by molar-refractivity contribution is 0.238. The van der Waals surface area contributed by atoms with Gasteiger partial charge in [-0.3, -0.25) is 9.69 Å². The van der Waals surface area contributed by atoms with Gasteiger partial charge >= 0.3 is 5.56 Å². The number of halogens is 2. The number of nitrogens with two attached hydrogens (primary N) is 1. The fourth-order valence-corrected chi connectivity index (χ4v) is 4.65. The highest BCUT2D eigenvalue weighted by molar-refractivity contribution is 5.57. The van der Waals surface area contributed by atoms with Crippen molar-refractivity contribution in [2.75, 3.05) is 57.1 Å². The van der Waals surface area contributed by atoms with Crippen molar-refractivity contribution in [1.29, 1.82) is 0 Å². The molecule has 2 heterocycles. The van der Waals surface area contributed by atoms with Crippen LogP contribution in [0, 0.1) is 17.0 Å². The largest absolute Gasteiger partial charge is 0.495 e. The number of aromatic nitrogens is 2. The molecule has 1 aromatic heterocycles. The molecular weight excluding hydrogens is 492 g/mol. The van der Waals surface area contributed by atoms with Crippen molar-refractivity contribution in [1.82, 2.24) is 14.7 Å². The number of rotatable bonds is 9. The van der Waals surface area contributed by atoms with Gasteiger partial charge in [0.15, 0.2) is 0 Å². The lowest BCUT2D eigenvalue weighted by Crippen LogP contribution is -2.47. The van der Waals surface area contributed by atoms with Gasteiger partial charge in [-0.15, -0.1) is 0 Å². The van der Waals surface area contributed by atoms with Crippen LogP contribution < -0.4 is 25.7 Å². The smallest absolute Gasteiger partial charge is 0.316 e. The molecule has 0 spiro atoms. The number of hydrogen-bond acceptors (Lipinski definition) is 7. The number of piperazine rings is 1. The molecular formula is C28H33F2N5O3. The number of anilines is 2. The quantitative estimate of drug-likeness (QED) is 0.427. The van der Waals surface area contributed by atoms with Gasteiger partial charge < -0.3 is 20.1 Å². The average Bonchev–Trinajstić information content (AvgIpc) is 3.64. The molecule has 1 saturated heterocycles. The van der Waals surface area contributed by atoms with Crippen LogP contribution >= 0.6 is 0 Å². The van der Waals surface area contributed by atoms with Crippen LogP contribution in [0.25, 0.3) is 5.69 Å². The summed E-state index contributed by atoms with van der Waals surface area (Å²) in [5.41, 5.74) is 7.84. The Balaban J connectivity index is 1.31. The maximum absolute atomic E-state index is 13.9. The van der Waals surface area contributed by atoms with E-state index in [9.17, 15) is 13.6 Å². The van der Waals surface area contributed by atoms with Gasteiger partial charge in [0.1, 0.15) is 23.1 Å². The fourth-order valence-electron chi connectivity index (χ4n) is 4.65. The van der Waals surface area contributed by atoms with Gasteiger partial charge in [-0.2, -0.15) is 9.78 Å². The van der Waals surface area contributed by atoms with Crippen LogP contribution in [-0.4, -0.2) is 61.1 Å². The zero-order chi connectivity index (χ0) is 26.9. The molecule has 202 valence electrons. The molecule has 10 heteroatoms. The maximum atomic E-state index is 13.9. The first-order valence-electron chi connectivity index (χ1n) is 12.9. The summed E-state index contributed by atoms with van der Waals surface area (Å²) < 4.78 is 40.1. The third kappa shape index (κ3) is 5.75. The minimum atomic E-state index is -0.778. The second-order valence-corrected chi connectivity index (χ2v) is 10.5. The third-order valence-corrected chi connectivity index (χ3v) is 7.40. The van der Waals surface area contributed by atoms with E-state index in [4.69, 9.17) is 15.2 Å². The summed E-state index contributed by atoms with van der Waals surface area (Å²) in [5.74, 6) is -0.707. The highest BCUT2D eigenvalue weighted by Gasteiger charge is 2.39. The topological polar surface area (TPSA) is 85.8 Å². The highest BCUT2D eigenvalue weighted by atomic mass is 19.1. The molecule has 2 aliphatic rings. The first-order valence-corrected chi connectivity index (χ1v) is 12.9. The summed E-state index contributed by atoms with van der Waals surface area (Å²) >= 11 is 0. The van der Waals surface area contributed by atoms with Gasteiger partial charge in [0.05, 0.1) is 31.3 Å². The van der Waals surface area contributed by atoms with Crippen LogP contribution in [0.4, 0.5) is 20.2 Å². The van der Waals surface area contributed by atoms with Gasteiger partial charge in [0.2, 0.25) is 5.75 Å². The van der Waals surface area contributed by atoms with Crippen LogP contribution in [0.2, 0.25) is 0 Å². The molecule has 2 N–H and O–H groups in total. The first kappa shape index (κ1) is 26.0. The van der Waals surface area contributed by atoms with Crippen molar-refractivity contribution < 1.29 is 18.3 Å². The zero-order valence-electron chi connectivity index (χ0n) is 21.8. The minimum Gasteiger partial charge on any atom is -0.495 e. The Bertz CT molecular complexity index is 1350. The second kappa shape index (κ2) is 10.6. The van der Waals surface area contributed by atoms with Gasteiger partial charge in [-0.05, 0) is 49.1 Å². The predicted octanol–water partition coefficient (Wildman–Crippen LogP) is 3.65. The average molecular weight is 526 g/mol. The predicted molar refractivity (Wildman–Crippen MR) is 142 cm³/mol. The summed E-state index contributed by atoms with van der Waals surface area (Å²) in [7, 11) is 1.61. The van der Waals surface area contributed by atoms with E-state index >= 15 is 0 Å². The maximum Gasteiger partial charge on any atom is 0.316 e. The summed E-state index contributed by atoms with van der Waals surface area (Å²) in [4.78, 5) is 17.9. The van der Waals surface area contributed by atoms with Crippen molar-refractivity contribution in [2.24, 2.45) is 5.41 Å². The van der Waals surface area contributed by atoms with E-state index < -0.39 is 17.2 Å². The number of methoxy groups -OCH3 is 1. The van der Waals surface area contributed by atoms with Crippen molar-refractivity contribution in [3.8, 4) is 17.2 Å². The Morgan fingerprint density at radius 1 is 1.05 bits per heavy atom. The van der Waals surface area contributed by atoms with E-state index in [1.54, 1.807) is 13.3 Å². The van der Waals surface area contributed by atoms with E-state index in [1.165, 1.54) is 0 Å². The Morgan fingerprint density at radius 2 is 1.76 bits per heavy atom. The summed E-state index contributed by atoms with van der Waals surface area (Å²) in [5, 5.41) is 4.26. The van der Waals surface area contributed by atoms with Crippen LogP contribution in [-0.2, 0) is 6.42 Å². The van der Waals surface area contributed by atoms with E-state index in [0.29, 0.717) is 36.8 Å². The van der Waals surface area contributed by atoms with Gasteiger partial charge in [-0.25, -0.2) is 8.78 Å². The van der Waals surface area contributed by atoms with E-state index in [-0.39, 0.29) is 16.9 Å². The SMILES string of the molecule is COc1cc(CCN2CCN(c3cnn(-c4cc(F)cc(F)c4)c(=O)c3OCC3(C)CC3)CC2)ccc1N. The second-order valence-electron chi connectivity index (χ2n) is 10.5. The molecule has 8 nitrogen and oxygen atoms in total. The van der Waals surface area contributed by atoms with Crippen LogP contribution in [0.15, 0.2) is 47.4 Å². The molecule has 0 amide bonds. The zero-order valence-corrected chi connectivity index (χ0v) is 21.8. The minimum absolute atomic E-state index is 0.0191. The fraction of sp³-hybridized carbons (Fsp3) is 0.429. The van der Waals surface area contributed by atoms with Gasteiger partial charge in [-0.1, -0.05) is 13.0 Å². The highest BCUT2D eigenvalue weighted by Crippen LogP contribution is 2.45. The Labute approximate surface area is 220 Å². The van der Waals surface area contributed by atoms with E-state index in [0.717, 1.165) is 67.3 Å². The molecule has 2 fully saturated rings. The monoisotopic (exact) mass is 525 g/mol. The third-order valence-electron chi connectivity index (χ3n) is 7.40. The molecule has 0 radical (unpaired) electrons. The number of nitrogen functional groups attached to an aromatic ring is 1. The van der Waals surface area contributed by atoms with Crippen LogP contribution in [0.1, 0.15) is 25.3 Å². The number of hydrogen-bond donors (Lipinski definition) is 1. The number of ether oxygens (including phenoxy) is 2. The summed E-state index contributed by atoms with van der Waals surface area (Å²) in [6.45, 7) is 6.40. The normalized spacial score (nSPS) is 16.9. The number of benzene rings is 2. The van der Waals surface area contributed by atoms with E-state index in [2.05, 4.69) is 21.8 Å². The summed E-state index contributed by atoms with van der Waals surface area (Å²) in [6.07, 6.45) is 4.50. The molecule has 3 aromatic rings. The Kier molecular flexibility index (Phi) is 7.25. The molecule has 1 aliphatic heterocycles. The number of nitrogens with zero attached hydrogens (tertiary/aromatic N) is 4. The summed E-state index contributed by atoms with van der Waals surface area (Å²) in [6, 6.07) is 8.78. The molecule has 0 unspecified atom stereocenters. The van der Waals surface area contributed by atoms with Gasteiger partial charge in [0.25, 0.3) is 0 Å². The van der Waals surface area contributed by atoms with Crippen molar-refractivity contribution in [3.63, 3.8) is 0 Å². The van der Waals surface area contributed by atoms with Gasteiger partial charge in [0, 0.05) is 44.2 Å².